The Morgan fingerprint density at radius 3 is 2.38 bits per heavy atom. The molecule has 2 aromatic carbocycles. The molecule has 1 saturated heterocycles. The number of carbonyl (C=O) groups excluding carboxylic acids is 3. The van der Waals surface area contributed by atoms with E-state index in [9.17, 15) is 14.4 Å². The molecule has 3 rings (SSSR count). The Bertz CT molecular complexity index is 1050. The highest BCUT2D eigenvalue weighted by Gasteiger charge is 2.40. The van der Waals surface area contributed by atoms with Crippen molar-refractivity contribution in [3.8, 4) is 0 Å². The number of nitrogens with one attached hydrogen (secondary N) is 2. The van der Waals surface area contributed by atoms with Gasteiger partial charge in [0.25, 0.3) is 5.91 Å². The number of primary amides is 1. The monoisotopic (exact) mass is 484 g/mol. The minimum absolute atomic E-state index is 0.0857. The third-order valence-electron chi connectivity index (χ3n) is 6.43. The number of amides is 4. The van der Waals surface area contributed by atoms with Gasteiger partial charge in [-0.3, -0.25) is 9.59 Å². The fourth-order valence-electron chi connectivity index (χ4n) is 4.67. The molecule has 4 N–H and O–H groups in total. The lowest BCUT2D eigenvalue weighted by atomic mass is 9.70. The number of benzene rings is 2. The first-order valence-electron chi connectivity index (χ1n) is 11.5. The fourth-order valence-corrected chi connectivity index (χ4v) is 4.80. The van der Waals surface area contributed by atoms with E-state index >= 15 is 0 Å². The third kappa shape index (κ3) is 6.08. The molecule has 1 heterocycles. The molecule has 0 aliphatic carbocycles. The minimum atomic E-state index is -0.711. The number of hydrogen-bond acceptors (Lipinski definition) is 3. The van der Waals surface area contributed by atoms with Crippen molar-refractivity contribution in [1.82, 2.24) is 10.2 Å². The summed E-state index contributed by atoms with van der Waals surface area (Å²) >= 11 is 6.06. The minimum Gasteiger partial charge on any atom is -0.351 e. The molecule has 1 aliphatic heterocycles. The zero-order valence-corrected chi connectivity index (χ0v) is 20.9. The Morgan fingerprint density at radius 1 is 1.12 bits per heavy atom. The van der Waals surface area contributed by atoms with Gasteiger partial charge in [-0.05, 0) is 59.6 Å². The number of piperidine rings is 1. The second-order valence-corrected chi connectivity index (χ2v) is 10.3. The maximum absolute atomic E-state index is 13.5. The van der Waals surface area contributed by atoms with Gasteiger partial charge in [0, 0.05) is 29.4 Å². The first-order chi connectivity index (χ1) is 16.0. The van der Waals surface area contributed by atoms with E-state index < -0.39 is 12.1 Å². The van der Waals surface area contributed by atoms with Crippen molar-refractivity contribution in [1.29, 1.82) is 0 Å². The molecule has 0 aromatic heterocycles. The molecule has 0 radical (unpaired) electrons. The summed E-state index contributed by atoms with van der Waals surface area (Å²) in [6, 6.07) is 13.0. The highest BCUT2D eigenvalue weighted by atomic mass is 35.5. The number of likely N-dealkylation sites (tertiary alicyclic amines) is 1. The number of halogens is 1. The van der Waals surface area contributed by atoms with Crippen molar-refractivity contribution in [3.05, 3.63) is 64.7 Å². The van der Waals surface area contributed by atoms with Gasteiger partial charge < -0.3 is 21.3 Å². The van der Waals surface area contributed by atoms with Gasteiger partial charge in [0.1, 0.15) is 6.04 Å². The lowest BCUT2D eigenvalue weighted by Crippen LogP contribution is -2.55. The van der Waals surface area contributed by atoms with E-state index in [4.69, 9.17) is 17.3 Å². The Morgan fingerprint density at radius 2 is 1.79 bits per heavy atom. The number of carbonyl (C=O) groups is 3. The molecule has 1 fully saturated rings. The molecule has 4 amide bonds. The van der Waals surface area contributed by atoms with E-state index in [1.807, 2.05) is 30.9 Å². The largest absolute Gasteiger partial charge is 0.351 e. The Hall–Kier alpha value is -3.06. The number of rotatable bonds is 6. The molecule has 0 spiro atoms. The van der Waals surface area contributed by atoms with E-state index in [-0.39, 0.29) is 23.1 Å². The number of hydrogen-bond donors (Lipinski definition) is 3. The molecule has 2 unspecified atom stereocenters. The molecule has 1 aliphatic rings. The van der Waals surface area contributed by atoms with Crippen molar-refractivity contribution >= 4 is 35.1 Å². The second kappa shape index (κ2) is 10.5. The summed E-state index contributed by atoms with van der Waals surface area (Å²) < 4.78 is 0. The summed E-state index contributed by atoms with van der Waals surface area (Å²) in [5.74, 6) is -0.255. The quantitative estimate of drug-likeness (QED) is 0.556. The average molecular weight is 485 g/mol. The molecule has 2 atom stereocenters. The molecule has 8 heteroatoms. The summed E-state index contributed by atoms with van der Waals surface area (Å²) in [6.07, 6.45) is 0.833. The van der Waals surface area contributed by atoms with Crippen LogP contribution in [0.15, 0.2) is 48.5 Å². The van der Waals surface area contributed by atoms with E-state index in [0.29, 0.717) is 35.3 Å². The highest BCUT2D eigenvalue weighted by Crippen LogP contribution is 2.42. The summed E-state index contributed by atoms with van der Waals surface area (Å²) in [6.45, 7) is 9.39. The topological polar surface area (TPSA) is 105 Å². The maximum atomic E-state index is 13.5. The molecular weight excluding hydrogens is 452 g/mol. The first-order valence-corrected chi connectivity index (χ1v) is 11.9. The van der Waals surface area contributed by atoms with E-state index in [2.05, 4.69) is 36.6 Å². The van der Waals surface area contributed by atoms with Crippen LogP contribution in [0, 0.1) is 11.3 Å². The third-order valence-corrected chi connectivity index (χ3v) is 6.68. The zero-order valence-electron chi connectivity index (χ0n) is 20.1. The number of nitrogens with two attached hydrogens (primary N) is 1. The van der Waals surface area contributed by atoms with Gasteiger partial charge in [0.15, 0.2) is 0 Å². The lowest BCUT2D eigenvalue weighted by molar-refractivity contribution is -0.137. The summed E-state index contributed by atoms with van der Waals surface area (Å²) in [5, 5.41) is 6.06. The van der Waals surface area contributed by atoms with Gasteiger partial charge in [-0.1, -0.05) is 57.5 Å². The number of anilines is 1. The van der Waals surface area contributed by atoms with Crippen molar-refractivity contribution in [3.63, 3.8) is 0 Å². The van der Waals surface area contributed by atoms with Crippen molar-refractivity contribution < 1.29 is 14.4 Å². The Balaban J connectivity index is 1.72. The first kappa shape index (κ1) is 25.6. The van der Waals surface area contributed by atoms with Crippen molar-refractivity contribution in [2.24, 2.45) is 17.1 Å². The molecule has 34 heavy (non-hydrogen) atoms. The maximum Gasteiger partial charge on any atom is 0.316 e. The predicted molar refractivity (Wildman–Crippen MR) is 135 cm³/mol. The van der Waals surface area contributed by atoms with Crippen LogP contribution in [0.1, 0.15) is 56.0 Å². The van der Waals surface area contributed by atoms with E-state index in [1.165, 1.54) is 11.6 Å². The van der Waals surface area contributed by atoms with E-state index in [0.717, 1.165) is 6.42 Å². The van der Waals surface area contributed by atoms with Gasteiger partial charge in [0.05, 0.1) is 0 Å². The zero-order chi connectivity index (χ0) is 25.0. The SMILES string of the molecule is CC(C)C(NC(=O)c1cccc(NC(N)=O)c1)C(=O)N1CCC(c2ccc(Cl)cc2)C(C)(C)C1. The van der Waals surface area contributed by atoms with Crippen LogP contribution in [0.3, 0.4) is 0 Å². The van der Waals surface area contributed by atoms with Gasteiger partial charge >= 0.3 is 6.03 Å². The number of nitrogens with zero attached hydrogens (tertiary/aromatic N) is 1. The van der Waals surface area contributed by atoms with Crippen molar-refractivity contribution in [2.75, 3.05) is 18.4 Å². The van der Waals surface area contributed by atoms with Crippen LogP contribution in [0.2, 0.25) is 5.02 Å². The molecular formula is C26H33ClN4O3. The molecule has 7 nitrogen and oxygen atoms in total. The van der Waals surface area contributed by atoms with E-state index in [1.54, 1.807) is 18.2 Å². The second-order valence-electron chi connectivity index (χ2n) is 9.91. The standard InChI is InChI=1S/C26H33ClN4O3/c1-16(2)22(30-23(32)18-6-5-7-20(14-18)29-25(28)34)24(33)31-13-12-21(26(3,4)15-31)17-8-10-19(27)11-9-17/h5-11,14,16,21-22H,12-13,15H2,1-4H3,(H,30,32)(H3,28,29,34). The van der Waals surface area contributed by atoms with Crippen LogP contribution in [0.4, 0.5) is 10.5 Å². The molecule has 0 bridgehead atoms. The summed E-state index contributed by atoms with van der Waals surface area (Å²) in [5.41, 5.74) is 7.00. The van der Waals surface area contributed by atoms with Gasteiger partial charge in [-0.2, -0.15) is 0 Å². The van der Waals surface area contributed by atoms with Crippen molar-refractivity contribution in [2.45, 2.75) is 46.1 Å². The van der Waals surface area contributed by atoms with Crippen LogP contribution in [0.5, 0.6) is 0 Å². The highest BCUT2D eigenvalue weighted by molar-refractivity contribution is 6.30. The van der Waals surface area contributed by atoms with Crippen LogP contribution in [-0.4, -0.2) is 41.9 Å². The van der Waals surface area contributed by atoms with Gasteiger partial charge in [-0.25, -0.2) is 4.79 Å². The molecule has 0 saturated carbocycles. The lowest BCUT2D eigenvalue weighted by Gasteiger charge is -2.45. The van der Waals surface area contributed by atoms with Gasteiger partial charge in [-0.15, -0.1) is 0 Å². The van der Waals surface area contributed by atoms with Crippen LogP contribution in [-0.2, 0) is 4.79 Å². The summed E-state index contributed by atoms with van der Waals surface area (Å²) in [7, 11) is 0. The fraction of sp³-hybridized carbons (Fsp3) is 0.423. The van der Waals surface area contributed by atoms with Crippen LogP contribution in [0.25, 0.3) is 0 Å². The molecule has 182 valence electrons. The van der Waals surface area contributed by atoms with Gasteiger partial charge in [0.2, 0.25) is 5.91 Å². The molecule has 2 aromatic rings. The van der Waals surface area contributed by atoms with Crippen LogP contribution < -0.4 is 16.4 Å². The summed E-state index contributed by atoms with van der Waals surface area (Å²) in [4.78, 5) is 39.4. The normalized spacial score (nSPS) is 18.3. The number of urea groups is 1. The Labute approximate surface area is 206 Å². The van der Waals surface area contributed by atoms with Crippen LogP contribution >= 0.6 is 11.6 Å². The smallest absolute Gasteiger partial charge is 0.316 e. The Kier molecular flexibility index (Phi) is 7.87. The average Bonchev–Trinajstić information content (AvgIpc) is 2.76. The predicted octanol–water partition coefficient (Wildman–Crippen LogP) is 4.63.